The number of hydrogen-bond acceptors (Lipinski definition) is 4. The van der Waals surface area contributed by atoms with E-state index in [9.17, 15) is 0 Å². The molecule has 1 saturated heterocycles. The molecule has 1 aromatic rings. The molecular formula is C13H22N4. The highest BCUT2D eigenvalue weighted by molar-refractivity contribution is 5.40. The molecule has 2 heterocycles. The predicted molar refractivity (Wildman–Crippen MR) is 70.1 cm³/mol. The molecule has 4 heteroatoms. The van der Waals surface area contributed by atoms with Crippen molar-refractivity contribution in [2.75, 3.05) is 18.0 Å². The van der Waals surface area contributed by atoms with Gasteiger partial charge in [0.05, 0.1) is 0 Å². The molecule has 94 valence electrons. The van der Waals surface area contributed by atoms with E-state index < -0.39 is 0 Å². The van der Waals surface area contributed by atoms with E-state index in [0.717, 1.165) is 43.3 Å². The van der Waals surface area contributed by atoms with E-state index in [1.165, 1.54) is 0 Å². The van der Waals surface area contributed by atoms with Gasteiger partial charge in [-0.05, 0) is 25.7 Å². The first-order chi connectivity index (χ1) is 8.10. The maximum Gasteiger partial charge on any atom is 0.132 e. The summed E-state index contributed by atoms with van der Waals surface area (Å²) in [4.78, 5) is 11.2. The molecule has 0 bridgehead atoms. The number of nitrogens with zero attached hydrogens (tertiary/aromatic N) is 3. The second-order valence-electron chi connectivity index (χ2n) is 4.99. The molecular weight excluding hydrogens is 212 g/mol. The minimum Gasteiger partial charge on any atom is -0.355 e. The molecule has 2 atom stereocenters. The van der Waals surface area contributed by atoms with Crippen molar-refractivity contribution in [3.8, 4) is 0 Å². The smallest absolute Gasteiger partial charge is 0.132 e. The number of aromatic nitrogens is 2. The van der Waals surface area contributed by atoms with E-state index in [1.807, 2.05) is 6.92 Å². The first-order valence-electron chi connectivity index (χ1n) is 6.45. The molecule has 0 aromatic carbocycles. The van der Waals surface area contributed by atoms with Gasteiger partial charge < -0.3 is 10.6 Å². The highest BCUT2D eigenvalue weighted by atomic mass is 15.2. The lowest BCUT2D eigenvalue weighted by Gasteiger charge is -2.36. The standard InChI is InChI=1S/C13H22N4/c1-4-11-7-13(16-10(3)15-11)17-6-5-9(2)12(14)8-17/h7,9,12H,4-6,8,14H2,1-3H3. The maximum absolute atomic E-state index is 6.13. The Labute approximate surface area is 103 Å². The van der Waals surface area contributed by atoms with Gasteiger partial charge in [-0.3, -0.25) is 0 Å². The molecule has 1 fully saturated rings. The quantitative estimate of drug-likeness (QED) is 0.843. The van der Waals surface area contributed by atoms with Crippen LogP contribution in [0, 0.1) is 12.8 Å². The number of aryl methyl sites for hydroxylation is 2. The number of hydrogen-bond donors (Lipinski definition) is 1. The fourth-order valence-corrected chi connectivity index (χ4v) is 2.26. The predicted octanol–water partition coefficient (Wildman–Crippen LogP) is 1.52. The van der Waals surface area contributed by atoms with Crippen LogP contribution < -0.4 is 10.6 Å². The zero-order chi connectivity index (χ0) is 12.4. The minimum atomic E-state index is 0.254. The van der Waals surface area contributed by atoms with Gasteiger partial charge in [-0.15, -0.1) is 0 Å². The van der Waals surface area contributed by atoms with Crippen molar-refractivity contribution < 1.29 is 0 Å². The number of piperidine rings is 1. The lowest BCUT2D eigenvalue weighted by molar-refractivity contribution is 0.377. The first-order valence-corrected chi connectivity index (χ1v) is 6.45. The fourth-order valence-electron chi connectivity index (χ4n) is 2.26. The normalized spacial score (nSPS) is 25.1. The Morgan fingerprint density at radius 1 is 1.47 bits per heavy atom. The Bertz CT molecular complexity index is 391. The Hall–Kier alpha value is -1.16. The van der Waals surface area contributed by atoms with Crippen LogP contribution in [0.1, 0.15) is 31.8 Å². The average Bonchev–Trinajstić information content (AvgIpc) is 2.32. The third kappa shape index (κ3) is 2.75. The molecule has 2 unspecified atom stereocenters. The van der Waals surface area contributed by atoms with Crippen LogP contribution in [0.5, 0.6) is 0 Å². The van der Waals surface area contributed by atoms with Gasteiger partial charge >= 0.3 is 0 Å². The fraction of sp³-hybridized carbons (Fsp3) is 0.692. The molecule has 17 heavy (non-hydrogen) atoms. The largest absolute Gasteiger partial charge is 0.355 e. The molecule has 1 aliphatic heterocycles. The summed E-state index contributed by atoms with van der Waals surface area (Å²) in [5.74, 6) is 2.50. The van der Waals surface area contributed by atoms with Crippen LogP contribution in [0.15, 0.2) is 6.07 Å². The van der Waals surface area contributed by atoms with Gasteiger partial charge in [0.25, 0.3) is 0 Å². The van der Waals surface area contributed by atoms with Gasteiger partial charge in [0, 0.05) is 30.9 Å². The minimum absolute atomic E-state index is 0.254. The molecule has 2 N–H and O–H groups in total. The Kier molecular flexibility index (Phi) is 3.62. The zero-order valence-electron chi connectivity index (χ0n) is 11.0. The molecule has 0 amide bonds. The van der Waals surface area contributed by atoms with Gasteiger partial charge in [0.1, 0.15) is 11.6 Å². The third-order valence-electron chi connectivity index (χ3n) is 3.58. The highest BCUT2D eigenvalue weighted by Gasteiger charge is 2.24. The summed E-state index contributed by atoms with van der Waals surface area (Å²) in [6.07, 6.45) is 2.10. The van der Waals surface area contributed by atoms with E-state index in [2.05, 4.69) is 34.8 Å². The Balaban J connectivity index is 2.19. The van der Waals surface area contributed by atoms with Gasteiger partial charge in [-0.1, -0.05) is 13.8 Å². The topological polar surface area (TPSA) is 55.0 Å². The van der Waals surface area contributed by atoms with Gasteiger partial charge in [0.15, 0.2) is 0 Å². The lowest BCUT2D eigenvalue weighted by Crippen LogP contribution is -2.48. The molecule has 0 radical (unpaired) electrons. The van der Waals surface area contributed by atoms with Crippen molar-refractivity contribution in [2.45, 2.75) is 39.7 Å². The molecule has 2 rings (SSSR count). The van der Waals surface area contributed by atoms with E-state index in [0.29, 0.717) is 5.92 Å². The van der Waals surface area contributed by atoms with Crippen LogP contribution in [0.4, 0.5) is 5.82 Å². The van der Waals surface area contributed by atoms with E-state index >= 15 is 0 Å². The molecule has 0 saturated carbocycles. The van der Waals surface area contributed by atoms with Crippen molar-refractivity contribution in [1.82, 2.24) is 9.97 Å². The summed E-state index contributed by atoms with van der Waals surface area (Å²) >= 11 is 0. The molecule has 1 aliphatic rings. The highest BCUT2D eigenvalue weighted by Crippen LogP contribution is 2.21. The van der Waals surface area contributed by atoms with E-state index in [-0.39, 0.29) is 6.04 Å². The van der Waals surface area contributed by atoms with E-state index in [1.54, 1.807) is 0 Å². The molecule has 0 aliphatic carbocycles. The van der Waals surface area contributed by atoms with Crippen LogP contribution in [0.25, 0.3) is 0 Å². The monoisotopic (exact) mass is 234 g/mol. The molecule has 1 aromatic heterocycles. The summed E-state index contributed by atoms with van der Waals surface area (Å²) in [5, 5.41) is 0. The summed E-state index contributed by atoms with van der Waals surface area (Å²) < 4.78 is 0. The lowest BCUT2D eigenvalue weighted by atomic mass is 9.94. The number of anilines is 1. The van der Waals surface area contributed by atoms with Gasteiger partial charge in [-0.2, -0.15) is 0 Å². The van der Waals surface area contributed by atoms with Crippen molar-refractivity contribution >= 4 is 5.82 Å². The summed E-state index contributed by atoms with van der Waals surface area (Å²) in [6, 6.07) is 2.35. The van der Waals surface area contributed by atoms with Crippen LogP contribution in [-0.4, -0.2) is 29.1 Å². The first kappa shape index (κ1) is 12.3. The molecule has 0 spiro atoms. The van der Waals surface area contributed by atoms with Crippen molar-refractivity contribution in [3.05, 3.63) is 17.6 Å². The Morgan fingerprint density at radius 3 is 2.88 bits per heavy atom. The van der Waals surface area contributed by atoms with Crippen molar-refractivity contribution in [3.63, 3.8) is 0 Å². The summed E-state index contributed by atoms with van der Waals surface area (Å²) in [6.45, 7) is 8.25. The SMILES string of the molecule is CCc1cc(N2CCC(C)C(N)C2)nc(C)n1. The molecule has 4 nitrogen and oxygen atoms in total. The van der Waals surface area contributed by atoms with Gasteiger partial charge in [0.2, 0.25) is 0 Å². The Morgan fingerprint density at radius 2 is 2.24 bits per heavy atom. The zero-order valence-corrected chi connectivity index (χ0v) is 11.0. The van der Waals surface area contributed by atoms with Crippen molar-refractivity contribution in [1.29, 1.82) is 0 Å². The van der Waals surface area contributed by atoms with Crippen LogP contribution in [0.2, 0.25) is 0 Å². The summed E-state index contributed by atoms with van der Waals surface area (Å²) in [7, 11) is 0. The van der Waals surface area contributed by atoms with Crippen LogP contribution in [0.3, 0.4) is 0 Å². The van der Waals surface area contributed by atoms with Crippen molar-refractivity contribution in [2.24, 2.45) is 11.7 Å². The third-order valence-corrected chi connectivity index (χ3v) is 3.58. The van der Waals surface area contributed by atoms with Crippen LogP contribution >= 0.6 is 0 Å². The van der Waals surface area contributed by atoms with E-state index in [4.69, 9.17) is 5.73 Å². The number of rotatable bonds is 2. The second-order valence-corrected chi connectivity index (χ2v) is 4.99. The van der Waals surface area contributed by atoms with Gasteiger partial charge in [-0.25, -0.2) is 9.97 Å². The average molecular weight is 234 g/mol. The second kappa shape index (κ2) is 5.00. The van der Waals surface area contributed by atoms with Crippen LogP contribution in [-0.2, 0) is 6.42 Å². The maximum atomic E-state index is 6.13. The number of nitrogens with two attached hydrogens (primary N) is 1. The summed E-state index contributed by atoms with van der Waals surface area (Å²) in [5.41, 5.74) is 7.24.